The standard InChI is InChI=1S/C11H17ClSi/c1-9(12)10-7-5-6-8-11(10)13(2,3)4/h5-9H,1-4H3/t9-/m0/s1. The lowest BCUT2D eigenvalue weighted by molar-refractivity contribution is 1.09. The van der Waals surface area contributed by atoms with Gasteiger partial charge in [0.05, 0.1) is 13.5 Å². The number of alkyl halides is 1. The van der Waals surface area contributed by atoms with Gasteiger partial charge in [0.1, 0.15) is 0 Å². The molecule has 0 aliphatic carbocycles. The lowest BCUT2D eigenvalue weighted by Gasteiger charge is -2.21. The normalized spacial score (nSPS) is 14.2. The average Bonchev–Trinajstić information content (AvgIpc) is 2.03. The van der Waals surface area contributed by atoms with E-state index in [1.54, 1.807) is 0 Å². The predicted molar refractivity (Wildman–Crippen MR) is 63.7 cm³/mol. The summed E-state index contributed by atoms with van der Waals surface area (Å²) in [5, 5.41) is 1.61. The Morgan fingerprint density at radius 3 is 2.08 bits per heavy atom. The van der Waals surface area contributed by atoms with Crippen molar-refractivity contribution in [1.29, 1.82) is 0 Å². The van der Waals surface area contributed by atoms with Gasteiger partial charge in [-0.3, -0.25) is 0 Å². The van der Waals surface area contributed by atoms with Crippen molar-refractivity contribution in [2.75, 3.05) is 0 Å². The Labute approximate surface area is 86.9 Å². The first-order valence-electron chi connectivity index (χ1n) is 4.66. The molecule has 0 aliphatic heterocycles. The molecule has 0 spiro atoms. The Hall–Kier alpha value is -0.273. The molecule has 0 nitrogen and oxygen atoms in total. The Morgan fingerprint density at radius 1 is 1.15 bits per heavy atom. The van der Waals surface area contributed by atoms with Gasteiger partial charge in [-0.15, -0.1) is 11.6 Å². The Kier molecular flexibility index (Phi) is 3.20. The molecule has 0 saturated heterocycles. The molecule has 0 unspecified atom stereocenters. The minimum Gasteiger partial charge on any atom is -0.118 e. The summed E-state index contributed by atoms with van der Waals surface area (Å²) in [6.45, 7) is 9.10. The van der Waals surface area contributed by atoms with Crippen molar-refractivity contribution < 1.29 is 0 Å². The van der Waals surface area contributed by atoms with Crippen LogP contribution in [0.3, 0.4) is 0 Å². The minimum atomic E-state index is -1.23. The summed E-state index contributed by atoms with van der Waals surface area (Å²) in [4.78, 5) is 0. The van der Waals surface area contributed by atoms with Crippen molar-refractivity contribution in [3.8, 4) is 0 Å². The molecule has 13 heavy (non-hydrogen) atoms. The van der Waals surface area contributed by atoms with Crippen molar-refractivity contribution in [2.45, 2.75) is 31.9 Å². The highest BCUT2D eigenvalue weighted by Crippen LogP contribution is 2.19. The van der Waals surface area contributed by atoms with Crippen LogP contribution < -0.4 is 5.19 Å². The summed E-state index contributed by atoms with van der Waals surface area (Å²) in [5.41, 5.74) is 1.31. The van der Waals surface area contributed by atoms with Crippen LogP contribution in [0.5, 0.6) is 0 Å². The van der Waals surface area contributed by atoms with Gasteiger partial charge < -0.3 is 0 Å². The molecule has 0 saturated carbocycles. The third-order valence-electron chi connectivity index (χ3n) is 2.20. The first kappa shape index (κ1) is 10.8. The second-order valence-electron chi connectivity index (χ2n) is 4.45. The second kappa shape index (κ2) is 3.85. The first-order valence-corrected chi connectivity index (χ1v) is 8.60. The van der Waals surface area contributed by atoms with Crippen LogP contribution in [-0.4, -0.2) is 8.07 Å². The van der Waals surface area contributed by atoms with E-state index in [1.165, 1.54) is 10.8 Å². The molecule has 0 aliphatic rings. The highest BCUT2D eigenvalue weighted by atomic mass is 35.5. The van der Waals surface area contributed by atoms with Crippen molar-refractivity contribution in [3.63, 3.8) is 0 Å². The van der Waals surface area contributed by atoms with Crippen molar-refractivity contribution in [3.05, 3.63) is 29.8 Å². The smallest absolute Gasteiger partial charge is 0.0780 e. The van der Waals surface area contributed by atoms with E-state index in [-0.39, 0.29) is 5.38 Å². The first-order chi connectivity index (χ1) is 5.93. The van der Waals surface area contributed by atoms with Crippen LogP contribution in [0.1, 0.15) is 17.9 Å². The van der Waals surface area contributed by atoms with Gasteiger partial charge >= 0.3 is 0 Å². The summed E-state index contributed by atoms with van der Waals surface area (Å²) in [6.07, 6.45) is 0. The van der Waals surface area contributed by atoms with Gasteiger partial charge in [0.25, 0.3) is 0 Å². The maximum absolute atomic E-state index is 6.14. The Morgan fingerprint density at radius 2 is 1.69 bits per heavy atom. The minimum absolute atomic E-state index is 0.128. The maximum atomic E-state index is 6.14. The maximum Gasteiger partial charge on any atom is 0.0780 e. The van der Waals surface area contributed by atoms with E-state index in [0.717, 1.165) is 0 Å². The fraction of sp³-hybridized carbons (Fsp3) is 0.455. The van der Waals surface area contributed by atoms with Crippen LogP contribution in [0, 0.1) is 0 Å². The van der Waals surface area contributed by atoms with Crippen LogP contribution in [0.15, 0.2) is 24.3 Å². The molecular weight excluding hydrogens is 196 g/mol. The van der Waals surface area contributed by atoms with E-state index in [0.29, 0.717) is 0 Å². The molecule has 0 heterocycles. The van der Waals surface area contributed by atoms with Gasteiger partial charge in [-0.1, -0.05) is 49.1 Å². The highest BCUT2D eigenvalue weighted by molar-refractivity contribution is 6.89. The molecule has 0 bridgehead atoms. The molecule has 2 heteroatoms. The van der Waals surface area contributed by atoms with Gasteiger partial charge in [0.2, 0.25) is 0 Å². The van der Waals surface area contributed by atoms with E-state index in [4.69, 9.17) is 11.6 Å². The van der Waals surface area contributed by atoms with Crippen LogP contribution in [0.25, 0.3) is 0 Å². The quantitative estimate of drug-likeness (QED) is 0.520. The second-order valence-corrected chi connectivity index (χ2v) is 10.1. The van der Waals surface area contributed by atoms with E-state index in [9.17, 15) is 0 Å². The molecule has 0 radical (unpaired) electrons. The van der Waals surface area contributed by atoms with Gasteiger partial charge in [-0.25, -0.2) is 0 Å². The molecule has 72 valence electrons. The van der Waals surface area contributed by atoms with Crippen LogP contribution in [-0.2, 0) is 0 Å². The number of hydrogen-bond donors (Lipinski definition) is 0. The van der Waals surface area contributed by atoms with Crippen LogP contribution in [0.4, 0.5) is 0 Å². The molecule has 1 atom stereocenters. The van der Waals surface area contributed by atoms with Gasteiger partial charge in [0, 0.05) is 0 Å². The Bertz CT molecular complexity index is 286. The fourth-order valence-corrected chi connectivity index (χ4v) is 3.57. The molecule has 0 amide bonds. The molecule has 0 N–H and O–H groups in total. The molecule has 1 aromatic rings. The van der Waals surface area contributed by atoms with E-state index in [2.05, 4.69) is 43.9 Å². The fourth-order valence-electron chi connectivity index (χ4n) is 1.53. The third-order valence-corrected chi connectivity index (χ3v) is 4.50. The zero-order valence-corrected chi connectivity index (χ0v) is 10.5. The number of rotatable bonds is 2. The van der Waals surface area contributed by atoms with E-state index >= 15 is 0 Å². The van der Waals surface area contributed by atoms with Crippen molar-refractivity contribution in [1.82, 2.24) is 0 Å². The molecule has 1 rings (SSSR count). The molecule has 0 aromatic heterocycles. The number of benzene rings is 1. The van der Waals surface area contributed by atoms with Gasteiger partial charge in [-0.05, 0) is 12.5 Å². The molecule has 0 fully saturated rings. The zero-order valence-electron chi connectivity index (χ0n) is 8.76. The Balaban J connectivity index is 3.20. The SMILES string of the molecule is C[C@H](Cl)c1ccccc1[Si](C)(C)C. The largest absolute Gasteiger partial charge is 0.118 e. The number of halogens is 1. The predicted octanol–water partition coefficient (Wildman–Crippen LogP) is 3.53. The monoisotopic (exact) mass is 212 g/mol. The summed E-state index contributed by atoms with van der Waals surface area (Å²) >= 11 is 6.14. The van der Waals surface area contributed by atoms with E-state index < -0.39 is 8.07 Å². The van der Waals surface area contributed by atoms with E-state index in [1.807, 2.05) is 6.92 Å². The number of hydrogen-bond acceptors (Lipinski definition) is 0. The van der Waals surface area contributed by atoms with Crippen LogP contribution >= 0.6 is 11.6 Å². The van der Waals surface area contributed by atoms with Crippen LogP contribution in [0.2, 0.25) is 19.6 Å². The summed E-state index contributed by atoms with van der Waals surface area (Å²) < 4.78 is 0. The summed E-state index contributed by atoms with van der Waals surface area (Å²) in [7, 11) is -1.23. The average molecular weight is 213 g/mol. The lowest BCUT2D eigenvalue weighted by atomic mass is 10.2. The zero-order chi connectivity index (χ0) is 10.1. The van der Waals surface area contributed by atoms with Gasteiger partial charge in [-0.2, -0.15) is 0 Å². The molecular formula is C11H17ClSi. The lowest BCUT2D eigenvalue weighted by Crippen LogP contribution is -2.40. The van der Waals surface area contributed by atoms with Crippen molar-refractivity contribution >= 4 is 24.9 Å². The third kappa shape index (κ3) is 2.58. The molecule has 1 aromatic carbocycles. The topological polar surface area (TPSA) is 0 Å². The van der Waals surface area contributed by atoms with Gasteiger partial charge in [0.15, 0.2) is 0 Å². The van der Waals surface area contributed by atoms with Crippen molar-refractivity contribution in [2.24, 2.45) is 0 Å². The summed E-state index contributed by atoms with van der Waals surface area (Å²) in [6, 6.07) is 8.54. The highest BCUT2D eigenvalue weighted by Gasteiger charge is 2.20. The summed E-state index contributed by atoms with van der Waals surface area (Å²) in [5.74, 6) is 0.